The van der Waals surface area contributed by atoms with Crippen molar-refractivity contribution in [1.82, 2.24) is 10.0 Å². The number of carbonyl (C=O) groups is 1. The van der Waals surface area contributed by atoms with E-state index in [0.29, 0.717) is 25.3 Å². The normalized spacial score (nSPS) is 11.4. The standard InChI is InChI=1S/C10H21ClN2O3S/c1-2-7-12-10(14)5-8-13-17(15,16)9-4-3-6-11/h13H,2-9H2,1H3,(H,12,14). The summed E-state index contributed by atoms with van der Waals surface area (Å²) in [6.07, 6.45) is 2.27. The first-order chi connectivity index (χ1) is 8.02. The number of amides is 1. The van der Waals surface area contributed by atoms with Gasteiger partial charge < -0.3 is 5.32 Å². The van der Waals surface area contributed by atoms with Crippen LogP contribution in [-0.4, -0.2) is 39.0 Å². The maximum atomic E-state index is 11.4. The Morgan fingerprint density at radius 1 is 1.24 bits per heavy atom. The number of hydrogen-bond donors (Lipinski definition) is 2. The Bertz CT molecular complexity index is 307. The lowest BCUT2D eigenvalue weighted by molar-refractivity contribution is -0.120. The predicted octanol–water partition coefficient (Wildman–Crippen LogP) is 0.841. The van der Waals surface area contributed by atoms with Crippen molar-refractivity contribution in [3.8, 4) is 0 Å². The van der Waals surface area contributed by atoms with Crippen molar-refractivity contribution >= 4 is 27.5 Å². The molecule has 17 heavy (non-hydrogen) atoms. The quantitative estimate of drug-likeness (QED) is 0.461. The summed E-state index contributed by atoms with van der Waals surface area (Å²) in [6.45, 7) is 2.74. The van der Waals surface area contributed by atoms with Gasteiger partial charge in [0.15, 0.2) is 0 Å². The topological polar surface area (TPSA) is 75.3 Å². The minimum atomic E-state index is -3.26. The fourth-order valence-corrected chi connectivity index (χ4v) is 2.46. The molecule has 0 rings (SSSR count). The maximum Gasteiger partial charge on any atom is 0.221 e. The van der Waals surface area contributed by atoms with Crippen LogP contribution in [0.3, 0.4) is 0 Å². The predicted molar refractivity (Wildman–Crippen MR) is 69.7 cm³/mol. The van der Waals surface area contributed by atoms with Gasteiger partial charge >= 0.3 is 0 Å². The maximum absolute atomic E-state index is 11.4. The number of carbonyl (C=O) groups excluding carboxylic acids is 1. The summed E-state index contributed by atoms with van der Waals surface area (Å²) >= 11 is 5.46. The zero-order chi connectivity index (χ0) is 13.1. The Morgan fingerprint density at radius 3 is 2.53 bits per heavy atom. The summed E-state index contributed by atoms with van der Waals surface area (Å²) in [5, 5.41) is 2.68. The van der Waals surface area contributed by atoms with Gasteiger partial charge in [-0.15, -0.1) is 11.6 Å². The molecule has 0 fully saturated rings. The largest absolute Gasteiger partial charge is 0.356 e. The summed E-state index contributed by atoms with van der Waals surface area (Å²) in [6, 6.07) is 0. The van der Waals surface area contributed by atoms with E-state index in [9.17, 15) is 13.2 Å². The van der Waals surface area contributed by atoms with Crippen LogP contribution in [0.15, 0.2) is 0 Å². The lowest BCUT2D eigenvalue weighted by Gasteiger charge is -2.06. The molecule has 1 amide bonds. The second-order valence-corrected chi connectivity index (χ2v) is 6.01. The molecule has 0 spiro atoms. The van der Waals surface area contributed by atoms with Gasteiger partial charge in [0, 0.05) is 25.4 Å². The van der Waals surface area contributed by atoms with E-state index >= 15 is 0 Å². The first-order valence-electron chi connectivity index (χ1n) is 5.82. The summed E-state index contributed by atoms with van der Waals surface area (Å²) in [5.74, 6) is 0.404. The second kappa shape index (κ2) is 9.67. The van der Waals surface area contributed by atoms with Crippen LogP contribution in [0.1, 0.15) is 32.6 Å². The first kappa shape index (κ1) is 16.7. The number of rotatable bonds is 10. The molecule has 0 heterocycles. The van der Waals surface area contributed by atoms with Crippen molar-refractivity contribution in [1.29, 1.82) is 0 Å². The summed E-state index contributed by atoms with van der Waals surface area (Å²) in [4.78, 5) is 11.2. The van der Waals surface area contributed by atoms with Crippen LogP contribution in [0.4, 0.5) is 0 Å². The fourth-order valence-electron chi connectivity index (χ4n) is 1.13. The summed E-state index contributed by atoms with van der Waals surface area (Å²) < 4.78 is 25.2. The lowest BCUT2D eigenvalue weighted by atomic mass is 10.4. The van der Waals surface area contributed by atoms with Crippen molar-refractivity contribution in [2.75, 3.05) is 24.7 Å². The number of halogens is 1. The molecule has 0 bridgehead atoms. The highest BCUT2D eigenvalue weighted by atomic mass is 35.5. The van der Waals surface area contributed by atoms with Crippen LogP contribution >= 0.6 is 11.6 Å². The van der Waals surface area contributed by atoms with Gasteiger partial charge in [-0.3, -0.25) is 4.79 Å². The van der Waals surface area contributed by atoms with Crippen LogP contribution in [-0.2, 0) is 14.8 Å². The van der Waals surface area contributed by atoms with Crippen LogP contribution in [0.5, 0.6) is 0 Å². The SMILES string of the molecule is CCCNC(=O)CCNS(=O)(=O)CCCCCl. The average Bonchev–Trinajstić information content (AvgIpc) is 2.26. The van der Waals surface area contributed by atoms with Gasteiger partial charge in [-0.25, -0.2) is 13.1 Å². The number of sulfonamides is 1. The Kier molecular flexibility index (Phi) is 9.49. The van der Waals surface area contributed by atoms with E-state index in [2.05, 4.69) is 10.0 Å². The van der Waals surface area contributed by atoms with E-state index in [4.69, 9.17) is 11.6 Å². The monoisotopic (exact) mass is 284 g/mol. The Hall–Kier alpha value is -0.330. The minimum Gasteiger partial charge on any atom is -0.356 e. The Morgan fingerprint density at radius 2 is 1.94 bits per heavy atom. The Balaban J connectivity index is 3.68. The molecular formula is C10H21ClN2O3S. The fraction of sp³-hybridized carbons (Fsp3) is 0.900. The van der Waals surface area contributed by atoms with Gasteiger partial charge in [0.2, 0.25) is 15.9 Å². The van der Waals surface area contributed by atoms with Crippen LogP contribution in [0.25, 0.3) is 0 Å². The molecule has 7 heteroatoms. The molecule has 0 unspecified atom stereocenters. The van der Waals surface area contributed by atoms with Crippen LogP contribution in [0.2, 0.25) is 0 Å². The molecule has 0 saturated carbocycles. The first-order valence-corrected chi connectivity index (χ1v) is 8.00. The van der Waals surface area contributed by atoms with E-state index < -0.39 is 10.0 Å². The van der Waals surface area contributed by atoms with E-state index in [1.165, 1.54) is 0 Å². The van der Waals surface area contributed by atoms with E-state index in [0.717, 1.165) is 6.42 Å². The third kappa shape index (κ3) is 10.5. The van der Waals surface area contributed by atoms with E-state index in [1.807, 2.05) is 6.92 Å². The second-order valence-electron chi connectivity index (χ2n) is 3.71. The molecule has 0 aromatic heterocycles. The lowest BCUT2D eigenvalue weighted by Crippen LogP contribution is -2.32. The number of nitrogens with one attached hydrogen (secondary N) is 2. The highest BCUT2D eigenvalue weighted by Gasteiger charge is 2.09. The van der Waals surface area contributed by atoms with Gasteiger partial charge in [-0.1, -0.05) is 6.92 Å². The van der Waals surface area contributed by atoms with Gasteiger partial charge in [0.05, 0.1) is 5.75 Å². The number of hydrogen-bond acceptors (Lipinski definition) is 3. The van der Waals surface area contributed by atoms with Gasteiger partial charge in [0.1, 0.15) is 0 Å². The van der Waals surface area contributed by atoms with Crippen LogP contribution in [0, 0.1) is 0 Å². The third-order valence-corrected chi connectivity index (χ3v) is 3.78. The van der Waals surface area contributed by atoms with Gasteiger partial charge in [0.25, 0.3) is 0 Å². The molecule has 0 aromatic rings. The minimum absolute atomic E-state index is 0.0658. The molecule has 0 saturated heterocycles. The summed E-state index contributed by atoms with van der Waals surface area (Å²) in [5.41, 5.74) is 0. The Labute approximate surface area is 108 Å². The van der Waals surface area contributed by atoms with Crippen molar-refractivity contribution in [2.45, 2.75) is 32.6 Å². The molecule has 0 radical (unpaired) electrons. The molecule has 0 aliphatic carbocycles. The van der Waals surface area contributed by atoms with Crippen molar-refractivity contribution < 1.29 is 13.2 Å². The highest BCUT2D eigenvalue weighted by Crippen LogP contribution is 1.96. The molecule has 0 aliphatic rings. The zero-order valence-corrected chi connectivity index (χ0v) is 11.7. The average molecular weight is 285 g/mol. The third-order valence-electron chi connectivity index (χ3n) is 2.04. The van der Waals surface area contributed by atoms with E-state index in [1.54, 1.807) is 0 Å². The van der Waals surface area contributed by atoms with Crippen LogP contribution < -0.4 is 10.0 Å². The van der Waals surface area contributed by atoms with Crippen molar-refractivity contribution in [3.63, 3.8) is 0 Å². The van der Waals surface area contributed by atoms with Crippen molar-refractivity contribution in [3.05, 3.63) is 0 Å². The molecule has 0 atom stereocenters. The molecule has 5 nitrogen and oxygen atoms in total. The molecule has 102 valence electrons. The molecule has 0 aliphatic heterocycles. The zero-order valence-electron chi connectivity index (χ0n) is 10.2. The highest BCUT2D eigenvalue weighted by molar-refractivity contribution is 7.89. The summed E-state index contributed by atoms with van der Waals surface area (Å²) in [7, 11) is -3.26. The number of alkyl halides is 1. The molecular weight excluding hydrogens is 264 g/mol. The van der Waals surface area contributed by atoms with Crippen molar-refractivity contribution in [2.24, 2.45) is 0 Å². The van der Waals surface area contributed by atoms with Gasteiger partial charge in [-0.05, 0) is 19.3 Å². The smallest absolute Gasteiger partial charge is 0.221 e. The molecule has 0 aromatic carbocycles. The molecule has 2 N–H and O–H groups in total. The number of unbranched alkanes of at least 4 members (excludes halogenated alkanes) is 1. The van der Waals surface area contributed by atoms with Gasteiger partial charge in [-0.2, -0.15) is 0 Å². The van der Waals surface area contributed by atoms with E-state index in [-0.39, 0.29) is 24.6 Å².